The number of fused-ring (bicyclic) bond motifs is 3. The number of rotatable bonds is 0. The number of pyridine rings is 1. The largest absolute Gasteiger partial charge is 0.327 e. The normalized spacial score (nSPS) is 11.0. The van der Waals surface area contributed by atoms with Gasteiger partial charge in [-0.15, -0.1) is 0 Å². The van der Waals surface area contributed by atoms with Gasteiger partial charge in [0.2, 0.25) is 0 Å². The van der Waals surface area contributed by atoms with Crippen molar-refractivity contribution in [2.45, 2.75) is 0 Å². The third-order valence-electron chi connectivity index (χ3n) is 2.49. The van der Waals surface area contributed by atoms with Gasteiger partial charge in [0, 0.05) is 11.6 Å². The van der Waals surface area contributed by atoms with Crippen molar-refractivity contribution < 1.29 is 0 Å². The Bertz CT molecular complexity index is 801. The highest BCUT2D eigenvalue weighted by molar-refractivity contribution is 6.03. The topological polar surface area (TPSA) is 78.6 Å². The van der Waals surface area contributed by atoms with Gasteiger partial charge >= 0.3 is 5.69 Å². The van der Waals surface area contributed by atoms with E-state index >= 15 is 0 Å². The van der Waals surface area contributed by atoms with Crippen LogP contribution in [0.25, 0.3) is 21.8 Å². The molecule has 0 saturated heterocycles. The van der Waals surface area contributed by atoms with Gasteiger partial charge in [0.05, 0.1) is 5.39 Å². The minimum absolute atomic E-state index is 0.312. The lowest BCUT2D eigenvalue weighted by Gasteiger charge is -2.00. The standard InChI is InChI=1S/C11H7N3O2/c15-10-8-7-4-2-1-3-6(7)5-12-9(8)13-11(16)14-10/h1-5H,(H2,12,13,14,15,16). The summed E-state index contributed by atoms with van der Waals surface area (Å²) in [5, 5.41) is 2.07. The highest BCUT2D eigenvalue weighted by atomic mass is 16.2. The molecule has 0 atom stereocenters. The summed E-state index contributed by atoms with van der Waals surface area (Å²) >= 11 is 0. The van der Waals surface area contributed by atoms with Crippen molar-refractivity contribution in [1.29, 1.82) is 0 Å². The fraction of sp³-hybridized carbons (Fsp3) is 0. The third kappa shape index (κ3) is 1.15. The molecule has 1 aromatic carbocycles. The van der Waals surface area contributed by atoms with Crippen molar-refractivity contribution in [3.8, 4) is 0 Å². The molecule has 0 aliphatic rings. The number of hydrogen-bond acceptors (Lipinski definition) is 3. The van der Waals surface area contributed by atoms with E-state index in [0.717, 1.165) is 10.8 Å². The molecule has 78 valence electrons. The first-order valence-corrected chi connectivity index (χ1v) is 4.76. The van der Waals surface area contributed by atoms with E-state index in [9.17, 15) is 9.59 Å². The summed E-state index contributed by atoms with van der Waals surface area (Å²) in [4.78, 5) is 31.5. The van der Waals surface area contributed by atoms with Gasteiger partial charge in [-0.05, 0) is 5.39 Å². The maximum absolute atomic E-state index is 11.7. The van der Waals surface area contributed by atoms with Gasteiger partial charge in [-0.1, -0.05) is 24.3 Å². The molecule has 16 heavy (non-hydrogen) atoms. The van der Waals surface area contributed by atoms with Gasteiger partial charge in [0.25, 0.3) is 5.56 Å². The Labute approximate surface area is 88.8 Å². The van der Waals surface area contributed by atoms with Crippen molar-refractivity contribution >= 4 is 21.8 Å². The second kappa shape index (κ2) is 3.03. The predicted octanol–water partition coefficient (Wildman–Crippen LogP) is 0.765. The Balaban J connectivity index is 2.71. The van der Waals surface area contributed by atoms with Crippen LogP contribution in [-0.4, -0.2) is 15.0 Å². The molecule has 5 heteroatoms. The van der Waals surface area contributed by atoms with Crippen molar-refractivity contribution in [2.24, 2.45) is 0 Å². The van der Waals surface area contributed by atoms with E-state index in [0.29, 0.717) is 11.0 Å². The summed E-state index contributed by atoms with van der Waals surface area (Å²) in [7, 11) is 0. The first-order chi connectivity index (χ1) is 7.75. The highest BCUT2D eigenvalue weighted by Crippen LogP contribution is 2.17. The molecule has 2 aromatic heterocycles. The zero-order chi connectivity index (χ0) is 11.1. The van der Waals surface area contributed by atoms with Gasteiger partial charge in [0.1, 0.15) is 5.65 Å². The van der Waals surface area contributed by atoms with E-state index in [1.54, 1.807) is 6.20 Å². The molecule has 0 radical (unpaired) electrons. The molecule has 0 spiro atoms. The van der Waals surface area contributed by atoms with Gasteiger partial charge in [-0.25, -0.2) is 9.78 Å². The van der Waals surface area contributed by atoms with Gasteiger partial charge in [0.15, 0.2) is 0 Å². The van der Waals surface area contributed by atoms with E-state index in [4.69, 9.17) is 0 Å². The summed E-state index contributed by atoms with van der Waals surface area (Å²) < 4.78 is 0. The second-order valence-electron chi connectivity index (χ2n) is 3.48. The quantitative estimate of drug-likeness (QED) is 0.541. The van der Waals surface area contributed by atoms with E-state index in [1.807, 2.05) is 24.3 Å². The smallest absolute Gasteiger partial charge is 0.291 e. The molecule has 0 unspecified atom stereocenters. The van der Waals surface area contributed by atoms with E-state index in [-0.39, 0.29) is 0 Å². The zero-order valence-corrected chi connectivity index (χ0v) is 8.15. The van der Waals surface area contributed by atoms with Crippen molar-refractivity contribution in [2.75, 3.05) is 0 Å². The van der Waals surface area contributed by atoms with Crippen LogP contribution in [0.15, 0.2) is 40.1 Å². The Morgan fingerprint density at radius 2 is 1.88 bits per heavy atom. The van der Waals surface area contributed by atoms with Crippen LogP contribution in [-0.2, 0) is 0 Å². The monoisotopic (exact) mass is 213 g/mol. The molecule has 0 saturated carbocycles. The number of aromatic amines is 2. The minimum Gasteiger partial charge on any atom is -0.291 e. The molecule has 2 heterocycles. The Morgan fingerprint density at radius 1 is 1.06 bits per heavy atom. The predicted molar refractivity (Wildman–Crippen MR) is 60.5 cm³/mol. The third-order valence-corrected chi connectivity index (χ3v) is 2.49. The minimum atomic E-state index is -0.541. The lowest BCUT2D eigenvalue weighted by molar-refractivity contribution is 1.07. The molecule has 0 aliphatic carbocycles. The van der Waals surface area contributed by atoms with Crippen LogP contribution in [0.5, 0.6) is 0 Å². The number of aromatic nitrogens is 3. The molecule has 0 amide bonds. The summed E-state index contributed by atoms with van der Waals surface area (Å²) in [6, 6.07) is 7.40. The van der Waals surface area contributed by atoms with E-state index in [1.165, 1.54) is 0 Å². The molecule has 5 nitrogen and oxygen atoms in total. The first-order valence-electron chi connectivity index (χ1n) is 4.76. The second-order valence-corrected chi connectivity index (χ2v) is 3.48. The molecule has 3 rings (SSSR count). The Hall–Kier alpha value is -2.43. The average Bonchev–Trinajstić information content (AvgIpc) is 2.28. The Morgan fingerprint density at radius 3 is 2.75 bits per heavy atom. The first kappa shape index (κ1) is 8.84. The number of nitrogens with zero attached hydrogens (tertiary/aromatic N) is 1. The molecule has 0 aliphatic heterocycles. The lowest BCUT2D eigenvalue weighted by Crippen LogP contribution is -2.22. The maximum atomic E-state index is 11.7. The molecule has 2 N–H and O–H groups in total. The number of H-pyrrole nitrogens is 2. The summed E-state index contributed by atoms with van der Waals surface area (Å²) in [6.45, 7) is 0. The average molecular weight is 213 g/mol. The highest BCUT2D eigenvalue weighted by Gasteiger charge is 2.05. The van der Waals surface area contributed by atoms with Crippen LogP contribution in [0, 0.1) is 0 Å². The summed E-state index contributed by atoms with van der Waals surface area (Å²) in [6.07, 6.45) is 1.63. The fourth-order valence-corrected chi connectivity index (χ4v) is 1.79. The van der Waals surface area contributed by atoms with Crippen molar-refractivity contribution in [3.63, 3.8) is 0 Å². The number of nitrogens with one attached hydrogen (secondary N) is 2. The zero-order valence-electron chi connectivity index (χ0n) is 8.15. The molecular formula is C11H7N3O2. The van der Waals surface area contributed by atoms with Crippen LogP contribution >= 0.6 is 0 Å². The SMILES string of the molecule is O=c1[nH]c(=O)c2c(ncc3ccccc32)[nH]1. The number of hydrogen-bond donors (Lipinski definition) is 2. The molecule has 3 aromatic rings. The van der Waals surface area contributed by atoms with Crippen LogP contribution in [0.1, 0.15) is 0 Å². The molecule has 0 bridgehead atoms. The van der Waals surface area contributed by atoms with E-state index in [2.05, 4.69) is 15.0 Å². The van der Waals surface area contributed by atoms with Crippen LogP contribution in [0.2, 0.25) is 0 Å². The lowest BCUT2D eigenvalue weighted by atomic mass is 10.1. The van der Waals surface area contributed by atoms with Gasteiger partial charge < -0.3 is 0 Å². The van der Waals surface area contributed by atoms with Crippen LogP contribution in [0.4, 0.5) is 0 Å². The molecular weight excluding hydrogens is 206 g/mol. The number of benzene rings is 1. The Kier molecular flexibility index (Phi) is 1.67. The summed E-state index contributed by atoms with van der Waals surface area (Å²) in [5.41, 5.74) is -0.643. The molecule has 0 fully saturated rings. The van der Waals surface area contributed by atoms with Crippen molar-refractivity contribution in [1.82, 2.24) is 15.0 Å². The van der Waals surface area contributed by atoms with Gasteiger partial charge in [-0.2, -0.15) is 0 Å². The summed E-state index contributed by atoms with van der Waals surface area (Å²) in [5.74, 6) is 0. The van der Waals surface area contributed by atoms with Gasteiger partial charge in [-0.3, -0.25) is 14.8 Å². The van der Waals surface area contributed by atoms with E-state index < -0.39 is 11.2 Å². The van der Waals surface area contributed by atoms with Crippen LogP contribution in [0.3, 0.4) is 0 Å². The maximum Gasteiger partial charge on any atom is 0.327 e. The fourth-order valence-electron chi connectivity index (χ4n) is 1.79. The van der Waals surface area contributed by atoms with Crippen molar-refractivity contribution in [3.05, 3.63) is 51.3 Å². The van der Waals surface area contributed by atoms with Crippen LogP contribution < -0.4 is 11.2 Å².